The predicted octanol–water partition coefficient (Wildman–Crippen LogP) is 3.85. The molecular formula is C14H8F2N4S. The number of aromatic nitrogens is 3. The molecule has 0 spiro atoms. The molecule has 104 valence electrons. The summed E-state index contributed by atoms with van der Waals surface area (Å²) in [7, 11) is 0. The van der Waals surface area contributed by atoms with Crippen LogP contribution in [0.5, 0.6) is 0 Å². The van der Waals surface area contributed by atoms with Crippen molar-refractivity contribution in [1.29, 1.82) is 5.26 Å². The topological polar surface area (TPSA) is 54.5 Å². The number of hydrogen-bond acceptors (Lipinski definition) is 4. The first-order valence-electron chi connectivity index (χ1n) is 5.99. The number of nitrogens with zero attached hydrogens (tertiary/aromatic N) is 4. The van der Waals surface area contributed by atoms with Crippen molar-refractivity contribution in [3.05, 3.63) is 48.2 Å². The van der Waals surface area contributed by atoms with Crippen LogP contribution in [-0.4, -0.2) is 14.5 Å². The van der Waals surface area contributed by atoms with Gasteiger partial charge in [0.15, 0.2) is 5.16 Å². The van der Waals surface area contributed by atoms with Crippen LogP contribution in [0.2, 0.25) is 0 Å². The molecule has 0 fully saturated rings. The summed E-state index contributed by atoms with van der Waals surface area (Å²) in [5.41, 5.74) is 1.10. The highest BCUT2D eigenvalue weighted by Crippen LogP contribution is 2.32. The van der Waals surface area contributed by atoms with Crippen LogP contribution in [0.3, 0.4) is 0 Å². The Balaban J connectivity index is 2.07. The molecule has 2 heterocycles. The van der Waals surface area contributed by atoms with Crippen LogP contribution in [-0.2, 0) is 0 Å². The third kappa shape index (κ3) is 2.58. The van der Waals surface area contributed by atoms with Gasteiger partial charge in [0.1, 0.15) is 16.8 Å². The van der Waals surface area contributed by atoms with E-state index in [1.54, 1.807) is 42.5 Å². The molecule has 0 unspecified atom stereocenters. The standard InChI is InChI=1S/C14H8F2N4S/c15-13(16)20-11-6-2-1-5-10(11)19-14(20)21-12-7-3-4-9(8-17)18-12/h1-7,13H. The summed E-state index contributed by atoms with van der Waals surface area (Å²) < 4.78 is 27.4. The van der Waals surface area contributed by atoms with Crippen molar-refractivity contribution in [3.63, 3.8) is 0 Å². The number of para-hydroxylation sites is 2. The van der Waals surface area contributed by atoms with Gasteiger partial charge in [-0.3, -0.25) is 4.57 Å². The first-order valence-corrected chi connectivity index (χ1v) is 6.81. The van der Waals surface area contributed by atoms with Gasteiger partial charge in [-0.15, -0.1) is 0 Å². The molecule has 0 atom stereocenters. The highest BCUT2D eigenvalue weighted by Gasteiger charge is 2.18. The van der Waals surface area contributed by atoms with Crippen LogP contribution in [0.25, 0.3) is 11.0 Å². The Kier molecular flexibility index (Phi) is 3.54. The normalized spacial score (nSPS) is 11.0. The maximum atomic E-state index is 13.3. The summed E-state index contributed by atoms with van der Waals surface area (Å²) in [4.78, 5) is 8.27. The van der Waals surface area contributed by atoms with Gasteiger partial charge in [-0.05, 0) is 36.0 Å². The minimum Gasteiger partial charge on any atom is -0.261 e. The minimum absolute atomic E-state index is 0.147. The lowest BCUT2D eigenvalue weighted by Gasteiger charge is -2.06. The molecule has 21 heavy (non-hydrogen) atoms. The Morgan fingerprint density at radius 3 is 2.67 bits per heavy atom. The van der Waals surface area contributed by atoms with Crippen LogP contribution in [0.1, 0.15) is 12.2 Å². The summed E-state index contributed by atoms with van der Waals surface area (Å²) in [6.45, 7) is -2.70. The van der Waals surface area contributed by atoms with E-state index in [-0.39, 0.29) is 10.9 Å². The Morgan fingerprint density at radius 2 is 1.90 bits per heavy atom. The van der Waals surface area contributed by atoms with Gasteiger partial charge in [-0.25, -0.2) is 9.97 Å². The smallest absolute Gasteiger partial charge is 0.261 e. The van der Waals surface area contributed by atoms with Crippen molar-refractivity contribution in [2.75, 3.05) is 0 Å². The molecule has 0 saturated carbocycles. The van der Waals surface area contributed by atoms with Crippen LogP contribution in [0, 0.1) is 11.3 Å². The number of fused-ring (bicyclic) bond motifs is 1. The van der Waals surface area contributed by atoms with E-state index < -0.39 is 6.55 Å². The number of halogens is 2. The molecular weight excluding hydrogens is 294 g/mol. The average molecular weight is 302 g/mol. The Hall–Kier alpha value is -2.46. The second kappa shape index (κ2) is 5.50. The zero-order chi connectivity index (χ0) is 14.8. The Bertz CT molecular complexity index is 838. The second-order valence-electron chi connectivity index (χ2n) is 4.11. The van der Waals surface area contributed by atoms with Gasteiger partial charge in [0, 0.05) is 0 Å². The van der Waals surface area contributed by atoms with Crippen LogP contribution in [0.4, 0.5) is 8.78 Å². The Labute approximate surface area is 123 Å². The van der Waals surface area contributed by atoms with Crippen molar-refractivity contribution in [1.82, 2.24) is 14.5 Å². The van der Waals surface area contributed by atoms with E-state index in [0.717, 1.165) is 16.3 Å². The van der Waals surface area contributed by atoms with Crippen molar-refractivity contribution < 1.29 is 8.78 Å². The first-order chi connectivity index (χ1) is 10.2. The maximum Gasteiger partial charge on any atom is 0.321 e. The summed E-state index contributed by atoms with van der Waals surface area (Å²) >= 11 is 1.01. The number of pyridine rings is 1. The van der Waals surface area contributed by atoms with Gasteiger partial charge in [0.25, 0.3) is 0 Å². The highest BCUT2D eigenvalue weighted by atomic mass is 32.2. The number of nitriles is 1. The quantitative estimate of drug-likeness (QED) is 0.737. The number of imidazole rings is 1. The van der Waals surface area contributed by atoms with E-state index >= 15 is 0 Å². The monoisotopic (exact) mass is 302 g/mol. The lowest BCUT2D eigenvalue weighted by Crippen LogP contribution is -2.00. The third-order valence-electron chi connectivity index (χ3n) is 2.79. The van der Waals surface area contributed by atoms with Crippen molar-refractivity contribution in [2.45, 2.75) is 16.7 Å². The van der Waals surface area contributed by atoms with Crippen LogP contribution >= 0.6 is 11.8 Å². The van der Waals surface area contributed by atoms with Gasteiger partial charge in [0.2, 0.25) is 0 Å². The predicted molar refractivity (Wildman–Crippen MR) is 74.1 cm³/mol. The zero-order valence-corrected chi connectivity index (χ0v) is 11.4. The molecule has 1 aromatic carbocycles. The van der Waals surface area contributed by atoms with Gasteiger partial charge in [-0.2, -0.15) is 14.0 Å². The summed E-state index contributed by atoms with van der Waals surface area (Å²) in [6.07, 6.45) is 0. The first kappa shape index (κ1) is 13.5. The van der Waals surface area contributed by atoms with Gasteiger partial charge in [-0.1, -0.05) is 18.2 Å². The number of alkyl halides is 2. The summed E-state index contributed by atoms with van der Waals surface area (Å²) in [6, 6.07) is 13.5. The van der Waals surface area contributed by atoms with Crippen LogP contribution < -0.4 is 0 Å². The second-order valence-corrected chi connectivity index (χ2v) is 5.09. The average Bonchev–Trinajstić information content (AvgIpc) is 2.85. The van der Waals surface area contributed by atoms with Crippen LogP contribution in [0.15, 0.2) is 52.6 Å². The molecule has 0 aliphatic carbocycles. The molecule has 3 aromatic rings. The van der Waals surface area contributed by atoms with E-state index in [2.05, 4.69) is 9.97 Å². The molecule has 0 aliphatic rings. The number of rotatable bonds is 3. The van der Waals surface area contributed by atoms with E-state index in [1.165, 1.54) is 0 Å². The molecule has 7 heteroatoms. The number of benzene rings is 1. The van der Waals surface area contributed by atoms with Gasteiger partial charge >= 0.3 is 6.55 Å². The fourth-order valence-electron chi connectivity index (χ4n) is 1.91. The molecule has 0 saturated heterocycles. The van der Waals surface area contributed by atoms with Gasteiger partial charge < -0.3 is 0 Å². The third-order valence-corrected chi connectivity index (χ3v) is 3.70. The van der Waals surface area contributed by atoms with Crippen molar-refractivity contribution in [2.24, 2.45) is 0 Å². The fourth-order valence-corrected chi connectivity index (χ4v) is 2.81. The van der Waals surface area contributed by atoms with E-state index in [1.807, 2.05) is 6.07 Å². The van der Waals surface area contributed by atoms with E-state index in [4.69, 9.17) is 5.26 Å². The fraction of sp³-hybridized carbons (Fsp3) is 0.0714. The maximum absolute atomic E-state index is 13.3. The molecule has 3 rings (SSSR count). The molecule has 0 amide bonds. The summed E-state index contributed by atoms with van der Waals surface area (Å²) in [5.74, 6) is 0. The molecule has 4 nitrogen and oxygen atoms in total. The van der Waals surface area contributed by atoms with Crippen molar-refractivity contribution >= 4 is 22.8 Å². The van der Waals surface area contributed by atoms with Gasteiger partial charge in [0.05, 0.1) is 11.0 Å². The molecule has 0 radical (unpaired) electrons. The SMILES string of the molecule is N#Cc1cccc(Sc2nc3ccccc3n2C(F)F)n1. The van der Waals surface area contributed by atoms with E-state index in [0.29, 0.717) is 16.1 Å². The Morgan fingerprint density at radius 1 is 1.10 bits per heavy atom. The lowest BCUT2D eigenvalue weighted by atomic mass is 10.3. The van der Waals surface area contributed by atoms with E-state index in [9.17, 15) is 8.78 Å². The molecule has 0 aliphatic heterocycles. The summed E-state index contributed by atoms with van der Waals surface area (Å²) in [5, 5.41) is 9.42. The largest absolute Gasteiger partial charge is 0.321 e. The molecule has 0 bridgehead atoms. The molecule has 0 N–H and O–H groups in total. The van der Waals surface area contributed by atoms with Crippen molar-refractivity contribution in [3.8, 4) is 6.07 Å². The zero-order valence-electron chi connectivity index (χ0n) is 10.6. The highest BCUT2D eigenvalue weighted by molar-refractivity contribution is 7.99. The minimum atomic E-state index is -2.70. The number of hydrogen-bond donors (Lipinski definition) is 0. The molecule has 2 aromatic heterocycles. The lowest BCUT2D eigenvalue weighted by molar-refractivity contribution is 0.0656.